The molecule has 0 bridgehead atoms. The highest BCUT2D eigenvalue weighted by Gasteiger charge is 2.40. The molecule has 4 rings (SSSR count). The summed E-state index contributed by atoms with van der Waals surface area (Å²) in [5, 5.41) is 2.82. The molecule has 1 amide bonds. The molecule has 2 aromatic heterocycles. The zero-order valence-electron chi connectivity index (χ0n) is 17.7. The first-order chi connectivity index (χ1) is 16.4. The van der Waals surface area contributed by atoms with Gasteiger partial charge >= 0.3 is 12.4 Å². The fraction of sp³-hybridized carbons (Fsp3) is 0.208. The molecule has 0 aliphatic heterocycles. The Morgan fingerprint density at radius 3 is 2.51 bits per heavy atom. The number of H-pyrrole nitrogens is 1. The fourth-order valence-corrected chi connectivity index (χ4v) is 3.92. The van der Waals surface area contributed by atoms with E-state index in [1.165, 1.54) is 30.5 Å². The quantitative estimate of drug-likeness (QED) is 0.473. The van der Waals surface area contributed by atoms with Gasteiger partial charge in [0, 0.05) is 35.3 Å². The number of aromatic amines is 1. The molecule has 2 N–H and O–H groups in total. The van der Waals surface area contributed by atoms with Crippen LogP contribution in [-0.2, 0) is 6.18 Å². The molecule has 5 nitrogen and oxygen atoms in total. The number of nitrogens with zero attached hydrogens (tertiary/aromatic N) is 1. The van der Waals surface area contributed by atoms with Crippen LogP contribution < -0.4 is 10.7 Å². The Bertz CT molecular complexity index is 1390. The number of hydrogen-bond donors (Lipinski definition) is 2. The van der Waals surface area contributed by atoms with Gasteiger partial charge in [-0.1, -0.05) is 18.2 Å². The number of fused-ring (bicyclic) bond motifs is 1. The second-order valence-corrected chi connectivity index (χ2v) is 7.90. The summed E-state index contributed by atoms with van der Waals surface area (Å²) in [6.45, 7) is 0. The molecule has 3 aromatic rings. The number of pyridine rings is 2. The molecular formula is C24H17F6N3O2. The van der Waals surface area contributed by atoms with Gasteiger partial charge in [-0.3, -0.25) is 14.6 Å². The van der Waals surface area contributed by atoms with Crippen molar-refractivity contribution in [2.45, 2.75) is 24.8 Å². The molecular weight excluding hydrogens is 476 g/mol. The second-order valence-electron chi connectivity index (χ2n) is 7.90. The van der Waals surface area contributed by atoms with Crippen LogP contribution >= 0.6 is 0 Å². The number of rotatable bonds is 4. The molecule has 0 saturated carbocycles. The Kier molecular flexibility index (Phi) is 6.27. The van der Waals surface area contributed by atoms with Crippen LogP contribution in [0.15, 0.2) is 77.4 Å². The molecule has 0 fully saturated rings. The van der Waals surface area contributed by atoms with E-state index in [1.807, 2.05) is 0 Å². The molecule has 0 saturated heterocycles. The molecule has 2 unspecified atom stereocenters. The monoisotopic (exact) mass is 493 g/mol. The number of carbonyl (C=O) groups excluding carboxylic acids is 1. The predicted octanol–water partition coefficient (Wildman–Crippen LogP) is 5.48. The zero-order valence-corrected chi connectivity index (χ0v) is 17.7. The summed E-state index contributed by atoms with van der Waals surface area (Å²) in [4.78, 5) is 31.6. The predicted molar refractivity (Wildman–Crippen MR) is 115 cm³/mol. The number of halogens is 6. The third-order valence-electron chi connectivity index (χ3n) is 5.63. The van der Waals surface area contributed by atoms with Crippen molar-refractivity contribution >= 4 is 16.8 Å². The van der Waals surface area contributed by atoms with Crippen molar-refractivity contribution in [3.63, 3.8) is 0 Å². The van der Waals surface area contributed by atoms with E-state index in [1.54, 1.807) is 0 Å². The Morgan fingerprint density at radius 1 is 1.09 bits per heavy atom. The summed E-state index contributed by atoms with van der Waals surface area (Å²) in [5.41, 5.74) is -2.44. The number of aromatic nitrogens is 2. The average Bonchev–Trinajstić information content (AvgIpc) is 2.81. The Morgan fingerprint density at radius 2 is 1.86 bits per heavy atom. The van der Waals surface area contributed by atoms with Gasteiger partial charge in [0.25, 0.3) is 5.91 Å². The highest BCUT2D eigenvalue weighted by Crippen LogP contribution is 2.39. The molecule has 2 atom stereocenters. The van der Waals surface area contributed by atoms with E-state index in [2.05, 4.69) is 15.3 Å². The van der Waals surface area contributed by atoms with Crippen molar-refractivity contribution in [3.05, 3.63) is 99.6 Å². The van der Waals surface area contributed by atoms with Gasteiger partial charge < -0.3 is 10.3 Å². The minimum atomic E-state index is -4.81. The summed E-state index contributed by atoms with van der Waals surface area (Å²) in [7, 11) is 0. The number of hydrogen-bond acceptors (Lipinski definition) is 3. The molecule has 1 aliphatic carbocycles. The Labute approximate surface area is 194 Å². The zero-order chi connectivity index (χ0) is 25.4. The lowest BCUT2D eigenvalue weighted by Gasteiger charge is -2.29. The smallest absolute Gasteiger partial charge is 0.361 e. The highest BCUT2D eigenvalue weighted by atomic mass is 19.4. The third-order valence-corrected chi connectivity index (χ3v) is 5.63. The van der Waals surface area contributed by atoms with Gasteiger partial charge in [-0.25, -0.2) is 0 Å². The van der Waals surface area contributed by atoms with Crippen molar-refractivity contribution in [2.24, 2.45) is 5.92 Å². The molecule has 11 heteroatoms. The SMILES string of the molecule is O=C(NC(c1ncccc1C(F)(F)F)C1C=CC(C(F)(F)F)=CC1)c1ccc2c(=O)cc[nH]c2c1. The number of carbonyl (C=O) groups is 1. The van der Waals surface area contributed by atoms with Crippen LogP contribution in [0.5, 0.6) is 0 Å². The molecule has 2 heterocycles. The summed E-state index contributed by atoms with van der Waals surface area (Å²) in [6.07, 6.45) is -4.39. The van der Waals surface area contributed by atoms with Crippen molar-refractivity contribution in [3.8, 4) is 0 Å². The van der Waals surface area contributed by atoms with Crippen LogP contribution in [0.3, 0.4) is 0 Å². The van der Waals surface area contributed by atoms with E-state index in [0.29, 0.717) is 10.9 Å². The first-order valence-electron chi connectivity index (χ1n) is 10.3. The van der Waals surface area contributed by atoms with E-state index in [0.717, 1.165) is 36.6 Å². The van der Waals surface area contributed by atoms with E-state index in [9.17, 15) is 35.9 Å². The number of alkyl halides is 6. The number of amides is 1. The first-order valence-corrected chi connectivity index (χ1v) is 10.3. The average molecular weight is 493 g/mol. The molecule has 35 heavy (non-hydrogen) atoms. The molecule has 0 spiro atoms. The lowest BCUT2D eigenvalue weighted by Crippen LogP contribution is -2.35. The number of benzene rings is 1. The number of nitrogens with one attached hydrogen (secondary N) is 2. The minimum Gasteiger partial charge on any atom is -0.361 e. The van der Waals surface area contributed by atoms with Gasteiger partial charge in [0.05, 0.1) is 28.4 Å². The van der Waals surface area contributed by atoms with Crippen LogP contribution in [0.25, 0.3) is 10.9 Å². The maximum absolute atomic E-state index is 13.7. The second kappa shape index (κ2) is 9.05. The first kappa shape index (κ1) is 24.2. The molecule has 1 aliphatic rings. The summed E-state index contributed by atoms with van der Waals surface area (Å²) < 4.78 is 80.2. The van der Waals surface area contributed by atoms with Crippen LogP contribution in [0.4, 0.5) is 26.3 Å². The van der Waals surface area contributed by atoms with Crippen LogP contribution in [0.2, 0.25) is 0 Å². The Balaban J connectivity index is 1.72. The molecule has 182 valence electrons. The van der Waals surface area contributed by atoms with Crippen molar-refractivity contribution in [1.82, 2.24) is 15.3 Å². The molecule has 0 radical (unpaired) electrons. The van der Waals surface area contributed by atoms with Gasteiger partial charge in [-0.2, -0.15) is 26.3 Å². The van der Waals surface area contributed by atoms with Gasteiger partial charge in [0.2, 0.25) is 0 Å². The van der Waals surface area contributed by atoms with Crippen LogP contribution in [-0.4, -0.2) is 22.1 Å². The van der Waals surface area contributed by atoms with Gasteiger partial charge in [0.15, 0.2) is 5.43 Å². The van der Waals surface area contributed by atoms with Crippen molar-refractivity contribution < 1.29 is 31.1 Å². The fourth-order valence-electron chi connectivity index (χ4n) is 3.92. The largest absolute Gasteiger partial charge is 0.418 e. The Hall–Kier alpha value is -3.89. The van der Waals surface area contributed by atoms with Gasteiger partial charge in [-0.15, -0.1) is 0 Å². The standard InChI is InChI=1S/C24H17F6N3O2/c25-23(26,27)15-6-3-13(4-7-15)20(21-17(24(28,29)30)2-1-10-32-21)33-22(35)14-5-8-16-18(12-14)31-11-9-19(16)34/h1-3,5-13,20H,4H2,(H,31,34)(H,33,35). The van der Waals surface area contributed by atoms with Crippen LogP contribution in [0.1, 0.15) is 34.1 Å². The summed E-state index contributed by atoms with van der Waals surface area (Å²) >= 11 is 0. The summed E-state index contributed by atoms with van der Waals surface area (Å²) in [5.74, 6) is -1.71. The van der Waals surface area contributed by atoms with E-state index in [4.69, 9.17) is 0 Å². The maximum atomic E-state index is 13.7. The van der Waals surface area contributed by atoms with Crippen molar-refractivity contribution in [1.29, 1.82) is 0 Å². The number of allylic oxidation sites excluding steroid dienone is 3. The van der Waals surface area contributed by atoms with Crippen molar-refractivity contribution in [2.75, 3.05) is 0 Å². The van der Waals surface area contributed by atoms with E-state index < -0.39 is 47.1 Å². The highest BCUT2D eigenvalue weighted by molar-refractivity contribution is 5.98. The topological polar surface area (TPSA) is 74.8 Å². The van der Waals surface area contributed by atoms with Gasteiger partial charge in [0.1, 0.15) is 0 Å². The van der Waals surface area contributed by atoms with Gasteiger partial charge in [-0.05, 0) is 36.8 Å². The lowest BCUT2D eigenvalue weighted by molar-refractivity contribution is -0.138. The van der Waals surface area contributed by atoms with Crippen LogP contribution in [0, 0.1) is 5.92 Å². The summed E-state index contributed by atoms with van der Waals surface area (Å²) in [6, 6.07) is 5.91. The third kappa shape index (κ3) is 5.13. The lowest BCUT2D eigenvalue weighted by atomic mass is 9.86. The minimum absolute atomic E-state index is 0.0418. The maximum Gasteiger partial charge on any atom is 0.418 e. The molecule has 1 aromatic carbocycles. The van der Waals surface area contributed by atoms with E-state index >= 15 is 0 Å². The normalized spacial score (nSPS) is 17.2. The van der Waals surface area contributed by atoms with E-state index in [-0.39, 0.29) is 17.4 Å².